The van der Waals surface area contributed by atoms with Gasteiger partial charge in [-0.05, 0) is 111 Å². The third-order valence-electron chi connectivity index (χ3n) is 11.2. The normalized spacial score (nSPS) is 31.6. The predicted molar refractivity (Wildman–Crippen MR) is 162 cm³/mol. The fourth-order valence-electron chi connectivity index (χ4n) is 8.83. The van der Waals surface area contributed by atoms with Crippen LogP contribution in [0.15, 0.2) is 42.6 Å². The van der Waals surface area contributed by atoms with Crippen LogP contribution in [0.25, 0.3) is 10.9 Å². The minimum Gasteiger partial charge on any atom is -0.496 e. The van der Waals surface area contributed by atoms with Gasteiger partial charge in [0.15, 0.2) is 0 Å². The number of aryl methyl sites for hydroxylation is 1. The molecule has 0 bridgehead atoms. The van der Waals surface area contributed by atoms with Crippen molar-refractivity contribution in [1.29, 1.82) is 5.26 Å². The summed E-state index contributed by atoms with van der Waals surface area (Å²) in [4.78, 5) is 30.2. The Labute approximate surface area is 252 Å². The number of carboxylic acid groups (broad SMARTS) is 1. The van der Waals surface area contributed by atoms with E-state index in [1.54, 1.807) is 7.11 Å². The highest BCUT2D eigenvalue weighted by molar-refractivity contribution is 5.94. The molecule has 1 aliphatic heterocycles. The highest BCUT2D eigenvalue weighted by Crippen LogP contribution is 2.59. The maximum Gasteiger partial charge on any atom is 0.306 e. The van der Waals surface area contributed by atoms with Gasteiger partial charge in [-0.2, -0.15) is 5.26 Å². The molecule has 1 atom stereocenters. The third-order valence-corrected chi connectivity index (χ3v) is 11.2. The number of benzene rings is 2. The molecule has 4 aliphatic rings. The maximum absolute atomic E-state index is 13.1. The molecule has 2 heterocycles. The Morgan fingerprint density at radius 1 is 1.09 bits per heavy atom. The van der Waals surface area contributed by atoms with Crippen molar-refractivity contribution in [2.24, 2.45) is 22.7 Å². The predicted octanol–water partition coefficient (Wildman–Crippen LogP) is 6.12. The number of piperidine rings is 1. The number of rotatable bonds is 7. The van der Waals surface area contributed by atoms with Crippen molar-refractivity contribution in [1.82, 2.24) is 15.2 Å². The molecule has 3 aromatic rings. The highest BCUT2D eigenvalue weighted by Gasteiger charge is 2.55. The average molecular weight is 581 g/mol. The zero-order chi connectivity index (χ0) is 29.9. The van der Waals surface area contributed by atoms with E-state index >= 15 is 0 Å². The lowest BCUT2D eigenvalue weighted by molar-refractivity contribution is -0.155. The Bertz CT molecular complexity index is 1600. The van der Waals surface area contributed by atoms with Crippen molar-refractivity contribution in [2.45, 2.75) is 76.9 Å². The van der Waals surface area contributed by atoms with Crippen LogP contribution in [-0.4, -0.2) is 46.6 Å². The first-order chi connectivity index (χ1) is 20.7. The standard InChI is InChI=1S/C35H40N4O4/c1-21-11-30(43-2)28(27-7-9-37-31(21)27)20-39-10-8-34(12-22(13-34)19-36)18-29(39)23-3-5-24(6-4-23)32(40)38-26-16-35(17-26)14-25(15-35)33(41)42/h3-7,9,11,22,25-26,29,37H,8,10,12-18,20H2,1-2H3,(H,38,40)(H,41,42)/t22?,25?,26?,29-,34?,35?/m0/s1. The molecule has 1 aromatic heterocycles. The van der Waals surface area contributed by atoms with Crippen molar-refractivity contribution < 1.29 is 19.4 Å². The van der Waals surface area contributed by atoms with Gasteiger partial charge in [0.05, 0.1) is 19.1 Å². The van der Waals surface area contributed by atoms with Gasteiger partial charge >= 0.3 is 5.97 Å². The molecular formula is C35H40N4O4. The number of aromatic amines is 1. The zero-order valence-electron chi connectivity index (χ0n) is 25.0. The van der Waals surface area contributed by atoms with Gasteiger partial charge in [-0.3, -0.25) is 14.5 Å². The summed E-state index contributed by atoms with van der Waals surface area (Å²) in [5.41, 5.74) is 5.68. The van der Waals surface area contributed by atoms with E-state index in [2.05, 4.69) is 52.5 Å². The van der Waals surface area contributed by atoms with E-state index in [-0.39, 0.29) is 40.7 Å². The Morgan fingerprint density at radius 2 is 1.84 bits per heavy atom. The number of hydrogen-bond acceptors (Lipinski definition) is 5. The number of ether oxygens (including phenoxy) is 1. The lowest BCUT2D eigenvalue weighted by Crippen LogP contribution is -2.57. The number of aliphatic carboxylic acids is 1. The molecule has 224 valence electrons. The summed E-state index contributed by atoms with van der Waals surface area (Å²) >= 11 is 0. The molecule has 43 heavy (non-hydrogen) atoms. The molecule has 1 saturated heterocycles. The molecule has 3 aliphatic carbocycles. The van der Waals surface area contributed by atoms with Crippen molar-refractivity contribution in [3.63, 3.8) is 0 Å². The molecule has 3 N–H and O–H groups in total. The van der Waals surface area contributed by atoms with Crippen LogP contribution in [0.3, 0.4) is 0 Å². The first-order valence-corrected chi connectivity index (χ1v) is 15.6. The Morgan fingerprint density at radius 3 is 2.51 bits per heavy atom. The van der Waals surface area contributed by atoms with Gasteiger partial charge in [-0.15, -0.1) is 0 Å². The van der Waals surface area contributed by atoms with Gasteiger partial charge in [-0.1, -0.05) is 12.1 Å². The monoisotopic (exact) mass is 580 g/mol. The first-order valence-electron chi connectivity index (χ1n) is 15.6. The number of fused-ring (bicyclic) bond motifs is 1. The summed E-state index contributed by atoms with van der Waals surface area (Å²) in [5.74, 6) is 0.0956. The van der Waals surface area contributed by atoms with Crippen LogP contribution >= 0.6 is 0 Å². The number of nitrogens with zero attached hydrogens (tertiary/aromatic N) is 2. The number of nitrogens with one attached hydrogen (secondary N) is 2. The van der Waals surface area contributed by atoms with Gasteiger partial charge in [-0.25, -0.2) is 0 Å². The van der Waals surface area contributed by atoms with E-state index in [1.165, 1.54) is 16.5 Å². The van der Waals surface area contributed by atoms with Gasteiger partial charge in [0.25, 0.3) is 5.91 Å². The van der Waals surface area contributed by atoms with Gasteiger partial charge < -0.3 is 20.1 Å². The number of aromatic nitrogens is 1. The summed E-state index contributed by atoms with van der Waals surface area (Å²) in [6, 6.07) is 15.1. The topological polar surface area (TPSA) is 118 Å². The first kappa shape index (κ1) is 28.0. The molecule has 4 fully saturated rings. The van der Waals surface area contributed by atoms with Gasteiger partial charge in [0.1, 0.15) is 5.75 Å². The van der Waals surface area contributed by atoms with Crippen LogP contribution in [0.1, 0.15) is 84.5 Å². The maximum atomic E-state index is 13.1. The fraction of sp³-hybridized carbons (Fsp3) is 0.514. The van der Waals surface area contributed by atoms with Crippen molar-refractivity contribution in [2.75, 3.05) is 13.7 Å². The Kier molecular flexibility index (Phi) is 6.77. The SMILES string of the molecule is COc1cc(C)c2[nH]ccc2c1CN1CCC2(CC(C#N)C2)C[C@H]1c1ccc(C(=O)NC2CC3(C2)CC(C(=O)O)C3)cc1. The zero-order valence-corrected chi connectivity index (χ0v) is 25.0. The minimum absolute atomic E-state index is 0.0624. The number of nitriles is 1. The van der Waals surface area contributed by atoms with Crippen LogP contribution in [0.5, 0.6) is 5.75 Å². The molecule has 2 spiro atoms. The lowest BCUT2D eigenvalue weighted by atomic mass is 9.50. The van der Waals surface area contributed by atoms with Gasteiger partial charge in [0.2, 0.25) is 0 Å². The number of carbonyl (C=O) groups excluding carboxylic acids is 1. The number of carbonyl (C=O) groups is 2. The molecule has 8 heteroatoms. The third kappa shape index (κ3) is 4.88. The van der Waals surface area contributed by atoms with E-state index < -0.39 is 5.97 Å². The summed E-state index contributed by atoms with van der Waals surface area (Å²) in [6.07, 6.45) is 9.25. The molecule has 0 unspecified atom stereocenters. The Balaban J connectivity index is 1.08. The molecule has 3 saturated carbocycles. The Hall–Kier alpha value is -3.83. The smallest absolute Gasteiger partial charge is 0.306 e. The number of hydrogen-bond donors (Lipinski definition) is 3. The molecule has 8 nitrogen and oxygen atoms in total. The van der Waals surface area contributed by atoms with E-state index in [4.69, 9.17) is 4.74 Å². The van der Waals surface area contributed by atoms with E-state index in [0.717, 1.165) is 81.3 Å². The quantitative estimate of drug-likeness (QED) is 0.310. The van der Waals surface area contributed by atoms with Crippen LogP contribution in [0, 0.1) is 40.9 Å². The van der Waals surface area contributed by atoms with E-state index in [9.17, 15) is 20.0 Å². The van der Waals surface area contributed by atoms with Crippen molar-refractivity contribution in [3.05, 3.63) is 64.8 Å². The number of methoxy groups -OCH3 is 1. The number of H-pyrrole nitrogens is 1. The summed E-state index contributed by atoms with van der Waals surface area (Å²) in [7, 11) is 1.74. The van der Waals surface area contributed by atoms with Crippen LogP contribution in [0.2, 0.25) is 0 Å². The summed E-state index contributed by atoms with van der Waals surface area (Å²) < 4.78 is 5.87. The second-order valence-electron chi connectivity index (χ2n) is 14.0. The summed E-state index contributed by atoms with van der Waals surface area (Å²) in [6.45, 7) is 3.80. The van der Waals surface area contributed by atoms with Crippen LogP contribution in [-0.2, 0) is 11.3 Å². The number of amides is 1. The van der Waals surface area contributed by atoms with Crippen LogP contribution < -0.4 is 10.1 Å². The van der Waals surface area contributed by atoms with Gasteiger partial charge in [0, 0.05) is 52.8 Å². The highest BCUT2D eigenvalue weighted by atomic mass is 16.5. The minimum atomic E-state index is -0.696. The average Bonchev–Trinajstić information content (AvgIpc) is 3.44. The lowest BCUT2D eigenvalue weighted by Gasteiger charge is -2.56. The fourth-order valence-corrected chi connectivity index (χ4v) is 8.83. The molecule has 1 amide bonds. The van der Waals surface area contributed by atoms with E-state index in [0.29, 0.717) is 5.56 Å². The van der Waals surface area contributed by atoms with Crippen molar-refractivity contribution in [3.8, 4) is 11.8 Å². The molecule has 0 radical (unpaired) electrons. The molecule has 2 aromatic carbocycles. The van der Waals surface area contributed by atoms with Crippen molar-refractivity contribution >= 4 is 22.8 Å². The summed E-state index contributed by atoms with van der Waals surface area (Å²) in [5, 5.41) is 23.1. The largest absolute Gasteiger partial charge is 0.496 e. The molecule has 7 rings (SSSR count). The second kappa shape index (κ2) is 10.4. The van der Waals surface area contributed by atoms with E-state index in [1.807, 2.05) is 18.3 Å². The number of likely N-dealkylation sites (tertiary alicyclic amines) is 1. The van der Waals surface area contributed by atoms with Crippen LogP contribution in [0.4, 0.5) is 0 Å². The number of carboxylic acids is 1. The molecular weight excluding hydrogens is 540 g/mol. The second-order valence-corrected chi connectivity index (χ2v) is 14.0.